The standard InChI is InChI=1S/C16H15ClN4O3/c1-10(22)18-21-11(2)20(13-7-5-12(17)6-8-13)19-16(21)15(23)14-4-3-9-24-14/h3-9,11H,1-2H3,(H,18,22). The molecule has 0 fully saturated rings. The van der Waals surface area contributed by atoms with Crippen molar-refractivity contribution in [3.8, 4) is 0 Å². The minimum atomic E-state index is -0.419. The van der Waals surface area contributed by atoms with Crippen LogP contribution in [0.5, 0.6) is 0 Å². The predicted octanol–water partition coefficient (Wildman–Crippen LogP) is 2.65. The van der Waals surface area contributed by atoms with Gasteiger partial charge in [-0.25, -0.2) is 10.0 Å². The maximum absolute atomic E-state index is 12.6. The van der Waals surface area contributed by atoms with E-state index in [0.717, 1.165) is 5.69 Å². The Balaban J connectivity index is 1.98. The van der Waals surface area contributed by atoms with Gasteiger partial charge in [-0.15, -0.1) is 5.10 Å². The number of hydrazine groups is 1. The summed E-state index contributed by atoms with van der Waals surface area (Å²) in [6, 6.07) is 10.2. The van der Waals surface area contributed by atoms with Crippen LogP contribution in [0.3, 0.4) is 0 Å². The van der Waals surface area contributed by atoms with Gasteiger partial charge in [0.2, 0.25) is 11.7 Å². The molecule has 1 aromatic heterocycles. The second kappa shape index (κ2) is 6.37. The fraction of sp³-hybridized carbons (Fsp3) is 0.188. The van der Waals surface area contributed by atoms with Crippen LogP contribution in [-0.2, 0) is 4.79 Å². The molecule has 0 aliphatic carbocycles. The average molecular weight is 347 g/mol. The summed E-state index contributed by atoms with van der Waals surface area (Å²) >= 11 is 5.91. The number of nitrogens with zero attached hydrogens (tertiary/aromatic N) is 3. The van der Waals surface area contributed by atoms with Gasteiger partial charge in [-0.1, -0.05) is 11.6 Å². The monoisotopic (exact) mass is 346 g/mol. The molecule has 124 valence electrons. The lowest BCUT2D eigenvalue weighted by Crippen LogP contribution is -2.52. The molecule has 3 rings (SSSR count). The van der Waals surface area contributed by atoms with E-state index in [4.69, 9.17) is 16.0 Å². The van der Waals surface area contributed by atoms with E-state index in [1.54, 1.807) is 41.4 Å². The molecule has 1 unspecified atom stereocenters. The van der Waals surface area contributed by atoms with Gasteiger partial charge >= 0.3 is 0 Å². The highest BCUT2D eigenvalue weighted by Gasteiger charge is 2.37. The molecule has 1 aliphatic rings. The number of hydrazone groups is 1. The largest absolute Gasteiger partial charge is 0.461 e. The van der Waals surface area contributed by atoms with Crippen molar-refractivity contribution in [2.24, 2.45) is 5.10 Å². The molecule has 2 aromatic rings. The molecule has 0 saturated heterocycles. The molecular formula is C16H15ClN4O3. The smallest absolute Gasteiger partial charge is 0.266 e. The molecule has 24 heavy (non-hydrogen) atoms. The number of hydrogen-bond acceptors (Lipinski definition) is 6. The number of carbonyl (C=O) groups is 2. The lowest BCUT2D eigenvalue weighted by Gasteiger charge is -2.28. The first-order valence-corrected chi connectivity index (χ1v) is 7.63. The Morgan fingerprint density at radius 3 is 2.54 bits per heavy atom. The van der Waals surface area contributed by atoms with Gasteiger partial charge in [0.25, 0.3) is 5.78 Å². The first-order chi connectivity index (χ1) is 11.5. The minimum absolute atomic E-state index is 0.0719. The first kappa shape index (κ1) is 16.1. The molecular weight excluding hydrogens is 332 g/mol. The zero-order valence-electron chi connectivity index (χ0n) is 13.1. The van der Waals surface area contributed by atoms with Crippen LogP contribution in [0.15, 0.2) is 52.2 Å². The van der Waals surface area contributed by atoms with E-state index in [-0.39, 0.29) is 17.5 Å². The summed E-state index contributed by atoms with van der Waals surface area (Å²) < 4.78 is 5.15. The number of hydrogen-bond donors (Lipinski definition) is 1. The molecule has 0 spiro atoms. The zero-order valence-corrected chi connectivity index (χ0v) is 13.8. The van der Waals surface area contributed by atoms with Crippen LogP contribution in [0.4, 0.5) is 5.69 Å². The van der Waals surface area contributed by atoms with Crippen molar-refractivity contribution in [2.75, 3.05) is 5.01 Å². The maximum atomic E-state index is 12.6. The first-order valence-electron chi connectivity index (χ1n) is 7.25. The lowest BCUT2D eigenvalue weighted by atomic mass is 10.2. The van der Waals surface area contributed by atoms with E-state index in [0.29, 0.717) is 5.02 Å². The Bertz CT molecular complexity index is 786. The van der Waals surface area contributed by atoms with Crippen molar-refractivity contribution in [3.63, 3.8) is 0 Å². The third-order valence-corrected chi connectivity index (χ3v) is 3.73. The van der Waals surface area contributed by atoms with Crippen molar-refractivity contribution < 1.29 is 14.0 Å². The van der Waals surface area contributed by atoms with Gasteiger partial charge in [0.15, 0.2) is 5.76 Å². The topological polar surface area (TPSA) is 78.1 Å². The number of amidine groups is 1. The van der Waals surface area contributed by atoms with E-state index in [1.165, 1.54) is 18.2 Å². The number of anilines is 1. The number of halogens is 1. The van der Waals surface area contributed by atoms with Gasteiger partial charge < -0.3 is 4.42 Å². The molecule has 1 aromatic carbocycles. The zero-order chi connectivity index (χ0) is 17.3. The maximum Gasteiger partial charge on any atom is 0.266 e. The second-order valence-electron chi connectivity index (χ2n) is 5.22. The Morgan fingerprint density at radius 2 is 1.96 bits per heavy atom. The molecule has 1 amide bonds. The van der Waals surface area contributed by atoms with Gasteiger partial charge in [0, 0.05) is 11.9 Å². The molecule has 7 nitrogen and oxygen atoms in total. The molecule has 1 atom stereocenters. The van der Waals surface area contributed by atoms with Crippen LogP contribution in [0.1, 0.15) is 24.4 Å². The summed E-state index contributed by atoms with van der Waals surface area (Å²) in [5.41, 5.74) is 3.37. The van der Waals surface area contributed by atoms with Crippen molar-refractivity contribution in [2.45, 2.75) is 20.0 Å². The lowest BCUT2D eigenvalue weighted by molar-refractivity contribution is -0.122. The van der Waals surface area contributed by atoms with Crippen molar-refractivity contribution in [1.29, 1.82) is 0 Å². The Labute approximate surface area is 143 Å². The summed E-state index contributed by atoms with van der Waals surface area (Å²) in [6.45, 7) is 3.18. The highest BCUT2D eigenvalue weighted by Crippen LogP contribution is 2.26. The van der Waals surface area contributed by atoms with E-state index in [1.807, 2.05) is 6.92 Å². The fourth-order valence-corrected chi connectivity index (χ4v) is 2.50. The summed E-state index contributed by atoms with van der Waals surface area (Å²) in [7, 11) is 0. The molecule has 0 saturated carbocycles. The quantitative estimate of drug-likeness (QED) is 0.861. The summed E-state index contributed by atoms with van der Waals surface area (Å²) in [5, 5.41) is 8.01. The van der Waals surface area contributed by atoms with Gasteiger partial charge in [-0.2, -0.15) is 0 Å². The average Bonchev–Trinajstić information content (AvgIpc) is 3.17. The Morgan fingerprint density at radius 1 is 1.25 bits per heavy atom. The number of furan rings is 1. The van der Waals surface area contributed by atoms with Crippen LogP contribution >= 0.6 is 11.6 Å². The van der Waals surface area contributed by atoms with E-state index in [9.17, 15) is 9.59 Å². The Hall–Kier alpha value is -2.80. The number of benzene rings is 1. The van der Waals surface area contributed by atoms with Crippen LogP contribution in [0.25, 0.3) is 0 Å². The van der Waals surface area contributed by atoms with Crippen LogP contribution in [0.2, 0.25) is 5.02 Å². The number of ketones is 1. The van der Waals surface area contributed by atoms with Gasteiger partial charge in [-0.3, -0.25) is 15.0 Å². The third kappa shape index (κ3) is 2.98. The number of carbonyl (C=O) groups excluding carboxylic acids is 2. The number of amides is 1. The molecule has 0 bridgehead atoms. The van der Waals surface area contributed by atoms with E-state index < -0.39 is 11.9 Å². The molecule has 8 heteroatoms. The van der Waals surface area contributed by atoms with Crippen molar-refractivity contribution in [1.82, 2.24) is 10.4 Å². The normalized spacial score (nSPS) is 17.0. The van der Waals surface area contributed by atoms with Gasteiger partial charge in [0.1, 0.15) is 6.17 Å². The third-order valence-electron chi connectivity index (χ3n) is 3.48. The highest BCUT2D eigenvalue weighted by atomic mass is 35.5. The van der Waals surface area contributed by atoms with Crippen molar-refractivity contribution in [3.05, 3.63) is 53.4 Å². The summed E-state index contributed by atoms with van der Waals surface area (Å²) in [4.78, 5) is 24.1. The molecule has 2 heterocycles. The summed E-state index contributed by atoms with van der Waals surface area (Å²) in [5.74, 6) is -0.506. The molecule has 1 aliphatic heterocycles. The number of Topliss-reactive ketones (excluding diaryl/α,β-unsaturated/α-hetero) is 1. The predicted molar refractivity (Wildman–Crippen MR) is 89.5 cm³/mol. The SMILES string of the molecule is CC(=O)NN1C(C(=O)c2ccco2)=NN(c2ccc(Cl)cc2)C1C. The summed E-state index contributed by atoms with van der Waals surface area (Å²) in [6.07, 6.45) is 1.01. The highest BCUT2D eigenvalue weighted by molar-refractivity contribution is 6.45. The van der Waals surface area contributed by atoms with E-state index in [2.05, 4.69) is 10.5 Å². The Kier molecular flexibility index (Phi) is 4.26. The molecule has 1 N–H and O–H groups in total. The second-order valence-corrected chi connectivity index (χ2v) is 5.66. The van der Waals surface area contributed by atoms with Crippen LogP contribution in [-0.4, -0.2) is 28.7 Å². The van der Waals surface area contributed by atoms with Gasteiger partial charge in [-0.05, 0) is 43.3 Å². The van der Waals surface area contributed by atoms with Crippen molar-refractivity contribution >= 4 is 34.8 Å². The van der Waals surface area contributed by atoms with Crippen LogP contribution in [0, 0.1) is 0 Å². The van der Waals surface area contributed by atoms with E-state index >= 15 is 0 Å². The van der Waals surface area contributed by atoms with Crippen LogP contribution < -0.4 is 10.4 Å². The number of nitrogens with one attached hydrogen (secondary N) is 1. The number of rotatable bonds is 4. The van der Waals surface area contributed by atoms with Gasteiger partial charge in [0.05, 0.1) is 12.0 Å². The molecule has 0 radical (unpaired) electrons. The fourth-order valence-electron chi connectivity index (χ4n) is 2.38. The minimum Gasteiger partial charge on any atom is -0.461 e.